The Morgan fingerprint density at radius 2 is 1.96 bits per heavy atom. The topological polar surface area (TPSA) is 68.3 Å². The zero-order valence-corrected chi connectivity index (χ0v) is 16.6. The van der Waals surface area contributed by atoms with Crippen LogP contribution in [0.5, 0.6) is 0 Å². The number of rotatable bonds is 8. The maximum atomic E-state index is 12.2. The molecule has 7 heteroatoms. The number of carbonyl (C=O) groups is 2. The Balaban J connectivity index is 1.53. The fourth-order valence-corrected chi connectivity index (χ4v) is 3.89. The normalized spacial score (nSPS) is 10.6. The number of aromatic nitrogens is 1. The number of thiazole rings is 1. The van der Waals surface area contributed by atoms with Gasteiger partial charge in [-0.1, -0.05) is 13.3 Å². The lowest BCUT2D eigenvalue weighted by molar-refractivity contribution is -0.115. The quantitative estimate of drug-likeness (QED) is 0.426. The molecule has 1 aromatic carbocycles. The van der Waals surface area contributed by atoms with Crippen molar-refractivity contribution in [3.63, 3.8) is 0 Å². The molecule has 0 aliphatic rings. The van der Waals surface area contributed by atoms with Crippen molar-refractivity contribution in [2.75, 3.05) is 11.9 Å². The molecule has 2 aromatic heterocycles. The second-order valence-corrected chi connectivity index (χ2v) is 7.59. The molecule has 5 nitrogen and oxygen atoms in total. The van der Waals surface area contributed by atoms with E-state index < -0.39 is 0 Å². The Morgan fingerprint density at radius 3 is 2.67 bits per heavy atom. The monoisotopic (exact) mass is 400 g/mol. The molecular weight excluding hydrogens is 380 g/mol. The molecule has 0 saturated heterocycles. The van der Waals surface area contributed by atoms with E-state index >= 15 is 0 Å². The SMILES string of the molecule is CCCCOC(=O)c1ccc(NC(=O)Cc2csc(-c3ccsc3)n2)cc1. The molecule has 3 aromatic rings. The van der Waals surface area contributed by atoms with Crippen molar-refractivity contribution in [1.29, 1.82) is 0 Å². The molecule has 1 amide bonds. The van der Waals surface area contributed by atoms with Crippen LogP contribution in [0.25, 0.3) is 10.6 Å². The summed E-state index contributed by atoms with van der Waals surface area (Å²) in [6.45, 7) is 2.47. The number of benzene rings is 1. The molecule has 27 heavy (non-hydrogen) atoms. The van der Waals surface area contributed by atoms with Crippen molar-refractivity contribution >= 4 is 40.2 Å². The summed E-state index contributed by atoms with van der Waals surface area (Å²) in [4.78, 5) is 28.6. The summed E-state index contributed by atoms with van der Waals surface area (Å²) in [5.74, 6) is -0.486. The average Bonchev–Trinajstić information content (AvgIpc) is 3.34. The molecule has 0 bridgehead atoms. The number of ether oxygens (including phenoxy) is 1. The Bertz CT molecular complexity index is 886. The van der Waals surface area contributed by atoms with Crippen LogP contribution in [0.1, 0.15) is 35.8 Å². The molecular formula is C20H20N2O3S2. The third kappa shape index (κ3) is 5.48. The molecule has 1 N–H and O–H groups in total. The maximum absolute atomic E-state index is 12.2. The van der Waals surface area contributed by atoms with Gasteiger partial charge < -0.3 is 10.1 Å². The summed E-state index contributed by atoms with van der Waals surface area (Å²) >= 11 is 3.16. The summed E-state index contributed by atoms with van der Waals surface area (Å²) in [5.41, 5.74) is 2.94. The van der Waals surface area contributed by atoms with Gasteiger partial charge in [0.2, 0.25) is 5.91 Å². The highest BCUT2D eigenvalue weighted by Gasteiger charge is 2.11. The van der Waals surface area contributed by atoms with Crippen molar-refractivity contribution in [3.05, 3.63) is 57.7 Å². The number of hydrogen-bond donors (Lipinski definition) is 1. The Hall–Kier alpha value is -2.51. The lowest BCUT2D eigenvalue weighted by atomic mass is 10.2. The van der Waals surface area contributed by atoms with Crippen LogP contribution >= 0.6 is 22.7 Å². The van der Waals surface area contributed by atoms with E-state index in [1.165, 1.54) is 11.3 Å². The predicted molar refractivity (Wildman–Crippen MR) is 109 cm³/mol. The number of hydrogen-bond acceptors (Lipinski definition) is 6. The van der Waals surface area contributed by atoms with E-state index in [0.717, 1.165) is 29.1 Å². The molecule has 0 spiro atoms. The first-order valence-electron chi connectivity index (χ1n) is 8.69. The van der Waals surface area contributed by atoms with E-state index in [-0.39, 0.29) is 18.3 Å². The molecule has 0 unspecified atom stereocenters. The summed E-state index contributed by atoms with van der Waals surface area (Å²) in [6.07, 6.45) is 2.04. The first kappa shape index (κ1) is 19.3. The summed E-state index contributed by atoms with van der Waals surface area (Å²) in [6, 6.07) is 8.73. The molecule has 0 radical (unpaired) electrons. The summed E-state index contributed by atoms with van der Waals surface area (Å²) in [7, 11) is 0. The van der Waals surface area contributed by atoms with Crippen LogP contribution in [0.15, 0.2) is 46.5 Å². The minimum Gasteiger partial charge on any atom is -0.462 e. The number of nitrogens with zero attached hydrogens (tertiary/aromatic N) is 1. The molecule has 140 valence electrons. The van der Waals surface area contributed by atoms with Crippen LogP contribution in [0.2, 0.25) is 0 Å². The fraction of sp³-hybridized carbons (Fsp3) is 0.250. The van der Waals surface area contributed by atoms with E-state index in [1.54, 1.807) is 35.6 Å². The molecule has 0 aliphatic heterocycles. The van der Waals surface area contributed by atoms with Crippen molar-refractivity contribution in [3.8, 4) is 10.6 Å². The molecule has 0 fully saturated rings. The molecule has 0 atom stereocenters. The van der Waals surface area contributed by atoms with Crippen LogP contribution in [0.3, 0.4) is 0 Å². The number of anilines is 1. The lowest BCUT2D eigenvalue weighted by Crippen LogP contribution is -2.14. The first-order chi connectivity index (χ1) is 13.2. The molecule has 0 aliphatic carbocycles. The zero-order chi connectivity index (χ0) is 19.1. The van der Waals surface area contributed by atoms with Gasteiger partial charge in [0.25, 0.3) is 0 Å². The lowest BCUT2D eigenvalue weighted by Gasteiger charge is -2.06. The van der Waals surface area contributed by atoms with Gasteiger partial charge in [-0.25, -0.2) is 9.78 Å². The first-order valence-corrected chi connectivity index (χ1v) is 10.5. The average molecular weight is 401 g/mol. The Morgan fingerprint density at radius 1 is 1.15 bits per heavy atom. The summed E-state index contributed by atoms with van der Waals surface area (Å²) < 4.78 is 5.17. The number of amides is 1. The van der Waals surface area contributed by atoms with Crippen molar-refractivity contribution in [1.82, 2.24) is 4.98 Å². The maximum Gasteiger partial charge on any atom is 0.338 e. The van der Waals surface area contributed by atoms with Gasteiger partial charge in [0, 0.05) is 22.0 Å². The van der Waals surface area contributed by atoms with Crippen LogP contribution in [0, 0.1) is 0 Å². The largest absolute Gasteiger partial charge is 0.462 e. The fourth-order valence-electron chi connectivity index (χ4n) is 2.36. The third-order valence-electron chi connectivity index (χ3n) is 3.80. The van der Waals surface area contributed by atoms with Crippen molar-refractivity contribution in [2.24, 2.45) is 0 Å². The number of unbranched alkanes of at least 4 members (excludes halogenated alkanes) is 1. The number of thiophene rings is 1. The predicted octanol–water partition coefficient (Wildman–Crippen LogP) is 5.01. The number of esters is 1. The van der Waals surface area contributed by atoms with Crippen LogP contribution in [0.4, 0.5) is 5.69 Å². The van der Waals surface area contributed by atoms with Gasteiger partial charge in [0.15, 0.2) is 0 Å². The van der Waals surface area contributed by atoms with Gasteiger partial charge in [-0.3, -0.25) is 4.79 Å². The van der Waals surface area contributed by atoms with Gasteiger partial charge in [-0.05, 0) is 42.1 Å². The van der Waals surface area contributed by atoms with Crippen molar-refractivity contribution < 1.29 is 14.3 Å². The minimum absolute atomic E-state index is 0.143. The van der Waals surface area contributed by atoms with Crippen LogP contribution < -0.4 is 5.32 Å². The van der Waals surface area contributed by atoms with Gasteiger partial charge in [-0.2, -0.15) is 11.3 Å². The van der Waals surface area contributed by atoms with Crippen LogP contribution in [-0.2, 0) is 16.0 Å². The Labute approximate surface area is 166 Å². The molecule has 3 rings (SSSR count). The second kappa shape index (κ2) is 9.43. The third-order valence-corrected chi connectivity index (χ3v) is 5.42. The van der Waals surface area contributed by atoms with E-state index in [9.17, 15) is 9.59 Å². The van der Waals surface area contributed by atoms with E-state index in [2.05, 4.69) is 10.3 Å². The molecule has 0 saturated carbocycles. The molecule has 2 heterocycles. The second-order valence-electron chi connectivity index (χ2n) is 5.95. The van der Waals surface area contributed by atoms with E-state index in [0.29, 0.717) is 17.9 Å². The highest BCUT2D eigenvalue weighted by molar-refractivity contribution is 7.14. The van der Waals surface area contributed by atoms with Crippen molar-refractivity contribution in [2.45, 2.75) is 26.2 Å². The smallest absolute Gasteiger partial charge is 0.338 e. The number of carbonyl (C=O) groups excluding carboxylic acids is 2. The standard InChI is InChI=1S/C20H20N2O3S2/c1-2-3-9-25-20(24)14-4-6-16(7-5-14)21-18(23)11-17-13-27-19(22-17)15-8-10-26-12-15/h4-8,10,12-13H,2-3,9,11H2,1H3,(H,21,23). The zero-order valence-electron chi connectivity index (χ0n) is 14.9. The highest BCUT2D eigenvalue weighted by Crippen LogP contribution is 2.26. The number of nitrogens with one attached hydrogen (secondary N) is 1. The van der Waals surface area contributed by atoms with Gasteiger partial charge in [-0.15, -0.1) is 11.3 Å². The van der Waals surface area contributed by atoms with Crippen LogP contribution in [-0.4, -0.2) is 23.5 Å². The van der Waals surface area contributed by atoms with E-state index in [4.69, 9.17) is 4.74 Å². The summed E-state index contributed by atoms with van der Waals surface area (Å²) in [5, 5.41) is 9.70. The highest BCUT2D eigenvalue weighted by atomic mass is 32.1. The van der Waals surface area contributed by atoms with Gasteiger partial charge >= 0.3 is 5.97 Å². The van der Waals surface area contributed by atoms with Gasteiger partial charge in [0.05, 0.1) is 24.3 Å². The van der Waals surface area contributed by atoms with E-state index in [1.807, 2.05) is 29.1 Å². The van der Waals surface area contributed by atoms with Gasteiger partial charge in [0.1, 0.15) is 5.01 Å². The minimum atomic E-state index is -0.343. The Kier molecular flexibility index (Phi) is 6.73.